The third-order valence-corrected chi connectivity index (χ3v) is 4.39. The van der Waals surface area contributed by atoms with E-state index in [0.29, 0.717) is 17.8 Å². The van der Waals surface area contributed by atoms with Crippen molar-refractivity contribution >= 4 is 15.7 Å². The Kier molecular flexibility index (Phi) is 4.59. The van der Waals surface area contributed by atoms with E-state index >= 15 is 0 Å². The van der Waals surface area contributed by atoms with Gasteiger partial charge in [0.15, 0.2) is 0 Å². The van der Waals surface area contributed by atoms with E-state index in [1.54, 1.807) is 26.1 Å². The second kappa shape index (κ2) is 6.24. The highest BCUT2D eigenvalue weighted by molar-refractivity contribution is 7.92. The molecule has 0 unspecified atom stereocenters. The van der Waals surface area contributed by atoms with Gasteiger partial charge in [0.2, 0.25) is 0 Å². The molecule has 0 aliphatic carbocycles. The minimum absolute atomic E-state index is 0.180. The molecule has 2 aromatic carbocycles. The molecular weight excluding hydrogens is 291 g/mol. The molecule has 2 N–H and O–H groups in total. The molecule has 2 rings (SSSR count). The molecule has 0 aliphatic heterocycles. The Morgan fingerprint density at radius 1 is 1.14 bits per heavy atom. The Morgan fingerprint density at radius 2 is 1.90 bits per heavy atom. The lowest BCUT2D eigenvalue weighted by Crippen LogP contribution is -2.14. The van der Waals surface area contributed by atoms with Crippen LogP contribution < -0.4 is 10.0 Å². The number of hydrogen-bond acceptors (Lipinski definition) is 3. The fourth-order valence-corrected chi connectivity index (χ4v) is 3.17. The lowest BCUT2D eigenvalue weighted by atomic mass is 10.2. The van der Waals surface area contributed by atoms with Crippen molar-refractivity contribution < 1.29 is 12.8 Å². The highest BCUT2D eigenvalue weighted by Crippen LogP contribution is 2.21. The van der Waals surface area contributed by atoms with Gasteiger partial charge in [-0.1, -0.05) is 12.1 Å². The first-order valence-corrected chi connectivity index (χ1v) is 7.93. The molecule has 0 aromatic heterocycles. The normalized spacial score (nSPS) is 11.4. The SMILES string of the molecule is CNCc1cccc(S(=O)(=O)Nc2ccc(F)cc2C)c1. The Morgan fingerprint density at radius 3 is 2.57 bits per heavy atom. The molecule has 21 heavy (non-hydrogen) atoms. The number of benzene rings is 2. The van der Waals surface area contributed by atoms with Crippen LogP contribution in [0.5, 0.6) is 0 Å². The molecule has 2 aromatic rings. The van der Waals surface area contributed by atoms with Crippen LogP contribution in [0.15, 0.2) is 47.4 Å². The summed E-state index contributed by atoms with van der Waals surface area (Å²) in [5, 5.41) is 2.97. The van der Waals surface area contributed by atoms with Crippen molar-refractivity contribution in [3.05, 3.63) is 59.4 Å². The number of rotatable bonds is 5. The average Bonchev–Trinajstić information content (AvgIpc) is 2.43. The first kappa shape index (κ1) is 15.5. The lowest BCUT2D eigenvalue weighted by Gasteiger charge is -2.11. The molecule has 0 bridgehead atoms. The summed E-state index contributed by atoms with van der Waals surface area (Å²) in [4.78, 5) is 0.180. The number of hydrogen-bond donors (Lipinski definition) is 2. The fourth-order valence-electron chi connectivity index (χ4n) is 1.97. The Labute approximate surface area is 124 Å². The molecular formula is C15H17FN2O2S. The third kappa shape index (κ3) is 3.80. The van der Waals surface area contributed by atoms with E-state index in [0.717, 1.165) is 5.56 Å². The van der Waals surface area contributed by atoms with Crippen molar-refractivity contribution in [3.63, 3.8) is 0 Å². The highest BCUT2D eigenvalue weighted by atomic mass is 32.2. The quantitative estimate of drug-likeness (QED) is 0.893. The van der Waals surface area contributed by atoms with Gasteiger partial charge in [0.05, 0.1) is 10.6 Å². The summed E-state index contributed by atoms with van der Waals surface area (Å²) in [5.74, 6) is -0.397. The monoisotopic (exact) mass is 308 g/mol. The van der Waals surface area contributed by atoms with Crippen LogP contribution in [0, 0.1) is 12.7 Å². The van der Waals surface area contributed by atoms with Crippen LogP contribution in [0.2, 0.25) is 0 Å². The molecule has 0 saturated carbocycles. The minimum Gasteiger partial charge on any atom is -0.316 e. The summed E-state index contributed by atoms with van der Waals surface area (Å²) < 4.78 is 40.3. The standard InChI is InChI=1S/C15H17FN2O2S/c1-11-8-13(16)6-7-15(11)18-21(19,20)14-5-3-4-12(9-14)10-17-2/h3-9,17-18H,10H2,1-2H3. The van der Waals surface area contributed by atoms with E-state index in [1.807, 2.05) is 6.07 Å². The van der Waals surface area contributed by atoms with E-state index in [4.69, 9.17) is 0 Å². The summed E-state index contributed by atoms with van der Waals surface area (Å²) in [6.07, 6.45) is 0. The van der Waals surface area contributed by atoms with Crippen molar-refractivity contribution in [2.45, 2.75) is 18.4 Å². The molecule has 4 nitrogen and oxygen atoms in total. The zero-order valence-electron chi connectivity index (χ0n) is 11.9. The van der Waals surface area contributed by atoms with E-state index in [9.17, 15) is 12.8 Å². The first-order valence-electron chi connectivity index (χ1n) is 6.45. The van der Waals surface area contributed by atoms with Gasteiger partial charge in [0, 0.05) is 6.54 Å². The minimum atomic E-state index is -3.69. The molecule has 6 heteroatoms. The van der Waals surface area contributed by atoms with Crippen LogP contribution in [0.3, 0.4) is 0 Å². The number of nitrogens with one attached hydrogen (secondary N) is 2. The summed E-state index contributed by atoms with van der Waals surface area (Å²) in [6, 6.07) is 10.6. The zero-order chi connectivity index (χ0) is 15.5. The lowest BCUT2D eigenvalue weighted by molar-refractivity contribution is 0.600. The summed E-state index contributed by atoms with van der Waals surface area (Å²) in [6.45, 7) is 2.23. The summed E-state index contributed by atoms with van der Waals surface area (Å²) in [7, 11) is -1.90. The Bertz CT molecular complexity index is 745. The maximum Gasteiger partial charge on any atom is 0.261 e. The van der Waals surface area contributed by atoms with E-state index < -0.39 is 15.8 Å². The van der Waals surface area contributed by atoms with Gasteiger partial charge in [0.1, 0.15) is 5.82 Å². The van der Waals surface area contributed by atoms with E-state index in [2.05, 4.69) is 10.0 Å². The van der Waals surface area contributed by atoms with E-state index in [1.165, 1.54) is 24.3 Å². The van der Waals surface area contributed by atoms with Crippen molar-refractivity contribution in [1.82, 2.24) is 5.32 Å². The summed E-state index contributed by atoms with van der Waals surface area (Å²) in [5.41, 5.74) is 1.77. The van der Waals surface area contributed by atoms with Crippen molar-refractivity contribution in [3.8, 4) is 0 Å². The first-order chi connectivity index (χ1) is 9.92. The molecule has 0 fully saturated rings. The maximum absolute atomic E-state index is 13.1. The summed E-state index contributed by atoms with van der Waals surface area (Å²) >= 11 is 0. The second-order valence-corrected chi connectivity index (χ2v) is 6.42. The Hall–Kier alpha value is -1.92. The number of halogens is 1. The molecule has 0 atom stereocenters. The number of sulfonamides is 1. The van der Waals surface area contributed by atoms with Crippen LogP contribution in [0.4, 0.5) is 10.1 Å². The topological polar surface area (TPSA) is 58.2 Å². The smallest absolute Gasteiger partial charge is 0.261 e. The van der Waals surface area contributed by atoms with Crippen LogP contribution >= 0.6 is 0 Å². The predicted octanol–water partition coefficient (Wildman–Crippen LogP) is 2.65. The predicted molar refractivity (Wildman–Crippen MR) is 81.2 cm³/mol. The van der Waals surface area contributed by atoms with Crippen LogP contribution in [0.1, 0.15) is 11.1 Å². The molecule has 0 heterocycles. The molecule has 0 saturated heterocycles. The molecule has 0 aliphatic rings. The molecule has 0 radical (unpaired) electrons. The van der Waals surface area contributed by atoms with Gasteiger partial charge >= 0.3 is 0 Å². The van der Waals surface area contributed by atoms with E-state index in [-0.39, 0.29) is 4.90 Å². The van der Waals surface area contributed by atoms with Gasteiger partial charge in [-0.15, -0.1) is 0 Å². The van der Waals surface area contributed by atoms with Crippen LogP contribution in [-0.4, -0.2) is 15.5 Å². The second-order valence-electron chi connectivity index (χ2n) is 4.74. The highest BCUT2D eigenvalue weighted by Gasteiger charge is 2.15. The van der Waals surface area contributed by atoms with Gasteiger partial charge in [-0.2, -0.15) is 0 Å². The van der Waals surface area contributed by atoms with Crippen molar-refractivity contribution in [2.75, 3.05) is 11.8 Å². The maximum atomic E-state index is 13.1. The van der Waals surface area contributed by atoms with Gasteiger partial charge < -0.3 is 5.32 Å². The zero-order valence-corrected chi connectivity index (χ0v) is 12.7. The Balaban J connectivity index is 2.31. The van der Waals surface area contributed by atoms with Gasteiger partial charge in [0.25, 0.3) is 10.0 Å². The average molecular weight is 308 g/mol. The largest absolute Gasteiger partial charge is 0.316 e. The van der Waals surface area contributed by atoms with Crippen LogP contribution in [-0.2, 0) is 16.6 Å². The van der Waals surface area contributed by atoms with Gasteiger partial charge in [-0.05, 0) is 55.4 Å². The number of aryl methyl sites for hydroxylation is 1. The van der Waals surface area contributed by atoms with Gasteiger partial charge in [-0.3, -0.25) is 4.72 Å². The van der Waals surface area contributed by atoms with Crippen molar-refractivity contribution in [1.29, 1.82) is 0 Å². The molecule has 112 valence electrons. The van der Waals surface area contributed by atoms with Crippen molar-refractivity contribution in [2.24, 2.45) is 0 Å². The fraction of sp³-hybridized carbons (Fsp3) is 0.200. The third-order valence-electron chi connectivity index (χ3n) is 3.02. The molecule has 0 spiro atoms. The molecule has 0 amide bonds. The van der Waals surface area contributed by atoms with Gasteiger partial charge in [-0.25, -0.2) is 12.8 Å². The number of anilines is 1. The van der Waals surface area contributed by atoms with Crippen LogP contribution in [0.25, 0.3) is 0 Å².